The van der Waals surface area contributed by atoms with Crippen LogP contribution in [-0.4, -0.2) is 9.78 Å². The number of rotatable bonds is 3. The molecular weight excluding hydrogens is 236 g/mol. The fourth-order valence-corrected chi connectivity index (χ4v) is 1.96. The zero-order valence-electron chi connectivity index (χ0n) is 10.5. The van der Waals surface area contributed by atoms with Gasteiger partial charge in [0, 0.05) is 18.8 Å². The maximum Gasteiger partial charge on any atom is 0.146 e. The van der Waals surface area contributed by atoms with Gasteiger partial charge in [-0.25, -0.2) is 8.78 Å². The van der Waals surface area contributed by atoms with Crippen LogP contribution in [0.5, 0.6) is 0 Å². The van der Waals surface area contributed by atoms with E-state index in [1.165, 1.54) is 0 Å². The first-order valence-electron chi connectivity index (χ1n) is 5.69. The molecule has 2 rings (SSSR count). The molecular formula is C13H15F2N3. The number of aromatic nitrogens is 2. The first-order chi connectivity index (χ1) is 8.47. The highest BCUT2D eigenvalue weighted by atomic mass is 19.1. The third-order valence-electron chi connectivity index (χ3n) is 2.82. The average molecular weight is 251 g/mol. The number of anilines is 1. The summed E-state index contributed by atoms with van der Waals surface area (Å²) in [5.74, 6) is -0.932. The maximum atomic E-state index is 13.5. The zero-order valence-corrected chi connectivity index (χ0v) is 10.5. The van der Waals surface area contributed by atoms with Crippen LogP contribution >= 0.6 is 0 Å². The van der Waals surface area contributed by atoms with Crippen LogP contribution in [0.2, 0.25) is 0 Å². The lowest BCUT2D eigenvalue weighted by Gasteiger charge is -2.15. The van der Waals surface area contributed by atoms with E-state index in [4.69, 9.17) is 0 Å². The molecule has 1 aromatic carbocycles. The molecule has 0 radical (unpaired) electrons. The number of nitrogens with zero attached hydrogens (tertiary/aromatic N) is 2. The van der Waals surface area contributed by atoms with Crippen molar-refractivity contribution in [1.29, 1.82) is 0 Å². The monoisotopic (exact) mass is 251 g/mol. The minimum atomic E-state index is -0.468. The predicted octanol–water partition coefficient (Wildman–Crippen LogP) is 3.18. The van der Waals surface area contributed by atoms with E-state index >= 15 is 0 Å². The van der Waals surface area contributed by atoms with Gasteiger partial charge < -0.3 is 5.32 Å². The van der Waals surface area contributed by atoms with Crippen LogP contribution in [0.3, 0.4) is 0 Å². The van der Waals surface area contributed by atoms with Crippen molar-refractivity contribution in [3.8, 4) is 0 Å². The van der Waals surface area contributed by atoms with Crippen LogP contribution in [0.4, 0.5) is 14.5 Å². The predicted molar refractivity (Wildman–Crippen MR) is 66.3 cm³/mol. The van der Waals surface area contributed by atoms with Crippen molar-refractivity contribution in [2.75, 3.05) is 5.32 Å². The third-order valence-corrected chi connectivity index (χ3v) is 2.82. The Labute approximate surface area is 104 Å². The lowest BCUT2D eigenvalue weighted by Crippen LogP contribution is -2.08. The van der Waals surface area contributed by atoms with Gasteiger partial charge in [0.1, 0.15) is 11.6 Å². The topological polar surface area (TPSA) is 29.9 Å². The van der Waals surface area contributed by atoms with Gasteiger partial charge in [-0.2, -0.15) is 5.10 Å². The van der Waals surface area contributed by atoms with E-state index in [-0.39, 0.29) is 11.7 Å². The van der Waals surface area contributed by atoms with E-state index in [1.54, 1.807) is 4.68 Å². The summed E-state index contributed by atoms with van der Waals surface area (Å²) in [4.78, 5) is 0. The average Bonchev–Trinajstić information content (AvgIpc) is 2.63. The fourth-order valence-electron chi connectivity index (χ4n) is 1.96. The standard InChI is InChI=1S/C13H15F2N3/c1-8(11-7-18(3)17-9(11)2)16-13-6-10(14)4-5-12(13)15/h4-8,16H,1-3H3. The van der Waals surface area contributed by atoms with E-state index in [9.17, 15) is 8.78 Å². The maximum absolute atomic E-state index is 13.5. The summed E-state index contributed by atoms with van der Waals surface area (Å²) in [6, 6.07) is 3.22. The van der Waals surface area contributed by atoms with Gasteiger partial charge in [0.05, 0.1) is 17.4 Å². The van der Waals surface area contributed by atoms with E-state index in [0.717, 1.165) is 29.5 Å². The van der Waals surface area contributed by atoms with Gasteiger partial charge >= 0.3 is 0 Å². The number of hydrogen-bond acceptors (Lipinski definition) is 2. The highest BCUT2D eigenvalue weighted by molar-refractivity contribution is 5.47. The molecule has 18 heavy (non-hydrogen) atoms. The van der Waals surface area contributed by atoms with Gasteiger partial charge in [0.2, 0.25) is 0 Å². The summed E-state index contributed by atoms with van der Waals surface area (Å²) in [6.45, 7) is 3.77. The molecule has 0 fully saturated rings. The van der Waals surface area contributed by atoms with Crippen molar-refractivity contribution in [3.05, 3.63) is 47.3 Å². The quantitative estimate of drug-likeness (QED) is 0.908. The van der Waals surface area contributed by atoms with Gasteiger partial charge in [0.25, 0.3) is 0 Å². The Hall–Kier alpha value is -1.91. The van der Waals surface area contributed by atoms with Crippen molar-refractivity contribution in [1.82, 2.24) is 9.78 Å². The summed E-state index contributed by atoms with van der Waals surface area (Å²) in [5.41, 5.74) is 1.99. The van der Waals surface area contributed by atoms with Gasteiger partial charge in [-0.15, -0.1) is 0 Å². The smallest absolute Gasteiger partial charge is 0.146 e. The Bertz CT molecular complexity index is 563. The molecule has 1 atom stereocenters. The Morgan fingerprint density at radius 3 is 2.67 bits per heavy atom. The molecule has 1 heterocycles. The van der Waals surface area contributed by atoms with Crippen LogP contribution in [0.15, 0.2) is 24.4 Å². The van der Waals surface area contributed by atoms with Crippen molar-refractivity contribution < 1.29 is 8.78 Å². The molecule has 3 nitrogen and oxygen atoms in total. The van der Waals surface area contributed by atoms with E-state index in [2.05, 4.69) is 10.4 Å². The highest BCUT2D eigenvalue weighted by Gasteiger charge is 2.13. The van der Waals surface area contributed by atoms with Crippen molar-refractivity contribution in [2.45, 2.75) is 19.9 Å². The van der Waals surface area contributed by atoms with Crippen molar-refractivity contribution in [3.63, 3.8) is 0 Å². The van der Waals surface area contributed by atoms with Crippen LogP contribution in [0.25, 0.3) is 0 Å². The molecule has 0 aliphatic heterocycles. The lowest BCUT2D eigenvalue weighted by molar-refractivity contribution is 0.600. The second-order valence-corrected chi connectivity index (χ2v) is 4.33. The molecule has 1 aromatic heterocycles. The van der Waals surface area contributed by atoms with Crippen LogP contribution in [0.1, 0.15) is 24.2 Å². The number of hydrogen-bond donors (Lipinski definition) is 1. The SMILES string of the molecule is Cc1nn(C)cc1C(C)Nc1cc(F)ccc1F. The van der Waals surface area contributed by atoms with E-state index in [1.807, 2.05) is 27.1 Å². The minimum Gasteiger partial charge on any atom is -0.376 e. The Balaban J connectivity index is 2.23. The van der Waals surface area contributed by atoms with Crippen molar-refractivity contribution >= 4 is 5.69 Å². The largest absolute Gasteiger partial charge is 0.376 e. The normalized spacial score (nSPS) is 12.5. The highest BCUT2D eigenvalue weighted by Crippen LogP contribution is 2.23. The molecule has 1 N–H and O–H groups in total. The second kappa shape index (κ2) is 4.76. The zero-order chi connectivity index (χ0) is 13.3. The molecule has 0 amide bonds. The second-order valence-electron chi connectivity index (χ2n) is 4.33. The van der Waals surface area contributed by atoms with E-state index in [0.29, 0.717) is 0 Å². The molecule has 0 saturated heterocycles. The molecule has 2 aromatic rings. The van der Waals surface area contributed by atoms with Crippen LogP contribution in [0, 0.1) is 18.6 Å². The molecule has 5 heteroatoms. The number of aryl methyl sites for hydroxylation is 2. The summed E-state index contributed by atoms with van der Waals surface area (Å²) < 4.78 is 28.3. The molecule has 0 aliphatic rings. The molecule has 0 saturated carbocycles. The number of halogens is 2. The van der Waals surface area contributed by atoms with Gasteiger partial charge in [-0.3, -0.25) is 4.68 Å². The minimum absolute atomic E-state index is 0.144. The van der Waals surface area contributed by atoms with Crippen LogP contribution in [-0.2, 0) is 7.05 Å². The Kier molecular flexibility index (Phi) is 3.32. The van der Waals surface area contributed by atoms with Gasteiger partial charge in [-0.1, -0.05) is 0 Å². The third kappa shape index (κ3) is 2.50. The molecule has 1 unspecified atom stereocenters. The summed E-state index contributed by atoms with van der Waals surface area (Å²) in [6.07, 6.45) is 1.87. The number of benzene rings is 1. The Morgan fingerprint density at radius 1 is 1.33 bits per heavy atom. The van der Waals surface area contributed by atoms with Crippen LogP contribution < -0.4 is 5.32 Å². The fraction of sp³-hybridized carbons (Fsp3) is 0.308. The summed E-state index contributed by atoms with van der Waals surface area (Å²) in [7, 11) is 1.83. The van der Waals surface area contributed by atoms with Gasteiger partial charge in [0.15, 0.2) is 0 Å². The molecule has 96 valence electrons. The first kappa shape index (κ1) is 12.5. The number of nitrogens with one attached hydrogen (secondary N) is 1. The first-order valence-corrected chi connectivity index (χ1v) is 5.69. The molecule has 0 bridgehead atoms. The lowest BCUT2D eigenvalue weighted by atomic mass is 10.1. The van der Waals surface area contributed by atoms with E-state index < -0.39 is 11.6 Å². The molecule has 0 spiro atoms. The summed E-state index contributed by atoms with van der Waals surface area (Å²) >= 11 is 0. The molecule has 0 aliphatic carbocycles. The Morgan fingerprint density at radius 2 is 2.06 bits per heavy atom. The van der Waals surface area contributed by atoms with Crippen molar-refractivity contribution in [2.24, 2.45) is 7.05 Å². The summed E-state index contributed by atoms with van der Waals surface area (Å²) in [5, 5.41) is 7.18. The van der Waals surface area contributed by atoms with Gasteiger partial charge in [-0.05, 0) is 32.0 Å².